The predicted octanol–water partition coefficient (Wildman–Crippen LogP) is 1.25. The molecule has 1 aromatic heterocycles. The fraction of sp³-hybridized carbons (Fsp3) is 0.400. The van der Waals surface area contributed by atoms with Crippen LogP contribution in [0.2, 0.25) is 0 Å². The topological polar surface area (TPSA) is 187 Å². The maximum Gasteiger partial charge on any atom is 0.326 e. The molecule has 0 saturated carbocycles. The van der Waals surface area contributed by atoms with Crippen molar-refractivity contribution < 1.29 is 29.4 Å². The maximum absolute atomic E-state index is 13.2. The quantitative estimate of drug-likeness (QED) is 0.153. The standard InChI is InChI=1S/C30H39N5O6/c1-17(2)13-24(28(38)34-25(30(40)41)14-19-9-5-4-6-10-19)33-29(39)26(18(3)36)35-27(37)22(31)15-20-16-32-23-12-8-7-11-21(20)23/h4-12,16-18,22,24-26,32,36H,13-15,31H2,1-3H3,(H,33,39)(H,34,38)(H,35,37)(H,40,41). The fourth-order valence-electron chi connectivity index (χ4n) is 4.58. The number of rotatable bonds is 14. The molecule has 0 fully saturated rings. The Bertz CT molecular complexity index is 1340. The van der Waals surface area contributed by atoms with Crippen LogP contribution in [0.25, 0.3) is 10.9 Å². The second-order valence-corrected chi connectivity index (χ2v) is 10.7. The number of hydrogen-bond acceptors (Lipinski definition) is 6. The molecule has 3 amide bonds. The first kappa shape index (κ1) is 31.3. The number of carboxylic acid groups (broad SMARTS) is 1. The van der Waals surface area contributed by atoms with E-state index < -0.39 is 54.0 Å². The van der Waals surface area contributed by atoms with Crippen molar-refractivity contribution in [1.29, 1.82) is 0 Å². The number of aromatic amines is 1. The number of aliphatic carboxylic acids is 1. The summed E-state index contributed by atoms with van der Waals surface area (Å²) in [4.78, 5) is 54.3. The molecule has 0 spiro atoms. The Morgan fingerprint density at radius 2 is 1.46 bits per heavy atom. The molecule has 0 radical (unpaired) electrons. The van der Waals surface area contributed by atoms with Crippen molar-refractivity contribution >= 4 is 34.6 Å². The van der Waals surface area contributed by atoms with E-state index in [4.69, 9.17) is 5.73 Å². The van der Waals surface area contributed by atoms with Crippen LogP contribution < -0.4 is 21.7 Å². The molecule has 3 aromatic rings. The molecule has 5 unspecified atom stereocenters. The van der Waals surface area contributed by atoms with Gasteiger partial charge in [-0.3, -0.25) is 14.4 Å². The predicted molar refractivity (Wildman–Crippen MR) is 155 cm³/mol. The summed E-state index contributed by atoms with van der Waals surface area (Å²) >= 11 is 0. The van der Waals surface area contributed by atoms with Gasteiger partial charge in [0, 0.05) is 23.5 Å². The number of aromatic nitrogens is 1. The third kappa shape index (κ3) is 8.89. The highest BCUT2D eigenvalue weighted by Crippen LogP contribution is 2.19. The van der Waals surface area contributed by atoms with Crippen molar-refractivity contribution in [1.82, 2.24) is 20.9 Å². The number of hydrogen-bond donors (Lipinski definition) is 7. The first-order valence-corrected chi connectivity index (χ1v) is 13.6. The highest BCUT2D eigenvalue weighted by molar-refractivity contribution is 5.94. The monoisotopic (exact) mass is 565 g/mol. The zero-order valence-corrected chi connectivity index (χ0v) is 23.5. The average molecular weight is 566 g/mol. The summed E-state index contributed by atoms with van der Waals surface area (Å²) in [6, 6.07) is 11.7. The second kappa shape index (κ2) is 14.4. The third-order valence-corrected chi connectivity index (χ3v) is 6.75. The van der Waals surface area contributed by atoms with Crippen LogP contribution in [-0.2, 0) is 32.0 Å². The molecule has 2 aromatic carbocycles. The first-order valence-electron chi connectivity index (χ1n) is 13.6. The lowest BCUT2D eigenvalue weighted by atomic mass is 10.0. The van der Waals surface area contributed by atoms with E-state index in [1.165, 1.54) is 6.92 Å². The van der Waals surface area contributed by atoms with E-state index in [1.54, 1.807) is 36.5 Å². The van der Waals surface area contributed by atoms with Crippen LogP contribution in [0.15, 0.2) is 60.8 Å². The lowest BCUT2D eigenvalue weighted by Crippen LogP contribution is -2.60. The molecule has 8 N–H and O–H groups in total. The number of nitrogens with one attached hydrogen (secondary N) is 4. The Morgan fingerprint density at radius 3 is 2.10 bits per heavy atom. The van der Waals surface area contributed by atoms with Crippen molar-refractivity contribution in [2.75, 3.05) is 0 Å². The highest BCUT2D eigenvalue weighted by atomic mass is 16.4. The molecule has 0 aliphatic rings. The van der Waals surface area contributed by atoms with Crippen molar-refractivity contribution in [2.24, 2.45) is 11.7 Å². The van der Waals surface area contributed by atoms with Crippen LogP contribution in [0.5, 0.6) is 0 Å². The van der Waals surface area contributed by atoms with Crippen LogP contribution in [0, 0.1) is 5.92 Å². The van der Waals surface area contributed by atoms with E-state index in [2.05, 4.69) is 20.9 Å². The number of para-hydroxylation sites is 1. The van der Waals surface area contributed by atoms with Gasteiger partial charge in [0.15, 0.2) is 0 Å². The Hall–Kier alpha value is -4.22. The van der Waals surface area contributed by atoms with E-state index in [9.17, 15) is 29.4 Å². The second-order valence-electron chi connectivity index (χ2n) is 10.7. The number of fused-ring (bicyclic) bond motifs is 1. The Balaban J connectivity index is 1.67. The minimum atomic E-state index is -1.39. The van der Waals surface area contributed by atoms with Gasteiger partial charge in [-0.25, -0.2) is 4.79 Å². The number of amides is 3. The number of H-pyrrole nitrogens is 1. The van der Waals surface area contributed by atoms with Gasteiger partial charge in [-0.1, -0.05) is 62.4 Å². The van der Waals surface area contributed by atoms with Gasteiger partial charge in [-0.15, -0.1) is 0 Å². The Labute approximate surface area is 238 Å². The molecule has 5 atom stereocenters. The van der Waals surface area contributed by atoms with E-state index in [1.807, 2.05) is 38.1 Å². The summed E-state index contributed by atoms with van der Waals surface area (Å²) in [5.41, 5.74) is 8.61. The van der Waals surface area contributed by atoms with Crippen LogP contribution in [0.1, 0.15) is 38.3 Å². The summed E-state index contributed by atoms with van der Waals surface area (Å²) < 4.78 is 0. The fourth-order valence-corrected chi connectivity index (χ4v) is 4.58. The minimum Gasteiger partial charge on any atom is -0.480 e. The van der Waals surface area contributed by atoms with Crippen LogP contribution >= 0.6 is 0 Å². The zero-order valence-electron chi connectivity index (χ0n) is 23.5. The molecule has 11 heteroatoms. The number of aliphatic hydroxyl groups is 1. The van der Waals surface area contributed by atoms with Crippen LogP contribution in [0.4, 0.5) is 0 Å². The Morgan fingerprint density at radius 1 is 0.829 bits per heavy atom. The van der Waals surface area contributed by atoms with Gasteiger partial charge in [-0.2, -0.15) is 0 Å². The molecule has 220 valence electrons. The lowest BCUT2D eigenvalue weighted by molar-refractivity contribution is -0.142. The summed E-state index contributed by atoms with van der Waals surface area (Å²) in [7, 11) is 0. The van der Waals surface area contributed by atoms with Gasteiger partial charge >= 0.3 is 5.97 Å². The zero-order chi connectivity index (χ0) is 30.1. The first-order chi connectivity index (χ1) is 19.5. The van der Waals surface area contributed by atoms with Crippen molar-refractivity contribution in [2.45, 2.75) is 70.3 Å². The normalized spacial score (nSPS) is 15.0. The molecular weight excluding hydrogens is 526 g/mol. The molecule has 1 heterocycles. The largest absolute Gasteiger partial charge is 0.480 e. The van der Waals surface area contributed by atoms with Crippen molar-refractivity contribution in [3.8, 4) is 0 Å². The van der Waals surface area contributed by atoms with E-state index in [0.717, 1.165) is 22.0 Å². The van der Waals surface area contributed by atoms with Gasteiger partial charge in [0.1, 0.15) is 18.1 Å². The van der Waals surface area contributed by atoms with Crippen LogP contribution in [0.3, 0.4) is 0 Å². The number of carbonyl (C=O) groups is 4. The van der Waals surface area contributed by atoms with Gasteiger partial charge in [0.25, 0.3) is 0 Å². The van der Waals surface area contributed by atoms with Crippen molar-refractivity contribution in [3.05, 3.63) is 71.9 Å². The molecule has 0 saturated heterocycles. The summed E-state index contributed by atoms with van der Waals surface area (Å²) in [5, 5.41) is 28.6. The molecular formula is C30H39N5O6. The molecule has 0 aliphatic heterocycles. The third-order valence-electron chi connectivity index (χ3n) is 6.75. The number of nitrogens with two attached hydrogens (primary N) is 1. The smallest absolute Gasteiger partial charge is 0.326 e. The van der Waals surface area contributed by atoms with Crippen molar-refractivity contribution in [3.63, 3.8) is 0 Å². The molecule has 0 bridgehead atoms. The minimum absolute atomic E-state index is 0.0346. The highest BCUT2D eigenvalue weighted by Gasteiger charge is 2.33. The summed E-state index contributed by atoms with van der Waals surface area (Å²) in [5.74, 6) is -3.36. The number of carboxylic acids is 1. The van der Waals surface area contributed by atoms with Gasteiger partial charge in [-0.05, 0) is 42.9 Å². The molecule has 0 aliphatic carbocycles. The number of aliphatic hydroxyl groups excluding tert-OH is 1. The SMILES string of the molecule is CC(C)CC(NC(=O)C(NC(=O)C(N)Cc1c[nH]c2ccccc12)C(C)O)C(=O)NC(Cc1ccccc1)C(=O)O. The van der Waals surface area contributed by atoms with E-state index >= 15 is 0 Å². The van der Waals surface area contributed by atoms with E-state index in [0.29, 0.717) is 0 Å². The lowest BCUT2D eigenvalue weighted by Gasteiger charge is -2.27. The summed E-state index contributed by atoms with van der Waals surface area (Å²) in [6.07, 6.45) is 0.932. The van der Waals surface area contributed by atoms with E-state index in [-0.39, 0.29) is 25.2 Å². The maximum atomic E-state index is 13.2. The van der Waals surface area contributed by atoms with Gasteiger partial charge in [0.05, 0.1) is 12.1 Å². The average Bonchev–Trinajstić information content (AvgIpc) is 3.33. The Kier molecular flexibility index (Phi) is 11.0. The number of benzene rings is 2. The molecule has 41 heavy (non-hydrogen) atoms. The molecule has 11 nitrogen and oxygen atoms in total. The number of carbonyl (C=O) groups excluding carboxylic acids is 3. The van der Waals surface area contributed by atoms with Gasteiger partial charge < -0.3 is 36.9 Å². The molecule has 3 rings (SSSR count). The van der Waals surface area contributed by atoms with Gasteiger partial charge in [0.2, 0.25) is 17.7 Å². The summed E-state index contributed by atoms with van der Waals surface area (Å²) in [6.45, 7) is 5.04. The van der Waals surface area contributed by atoms with Crippen LogP contribution in [-0.4, -0.2) is 69.2 Å².